The number of likely N-dealkylation sites (N-methyl/N-ethyl adjacent to an activating group) is 1. The fraction of sp³-hybridized carbons (Fsp3) is 0.625. The van der Waals surface area contributed by atoms with Crippen LogP contribution in [0.4, 0.5) is 0 Å². The summed E-state index contributed by atoms with van der Waals surface area (Å²) in [6.07, 6.45) is 4.03. The maximum absolute atomic E-state index is 5.41. The van der Waals surface area contributed by atoms with E-state index in [2.05, 4.69) is 42.4 Å². The fourth-order valence-electron chi connectivity index (χ4n) is 2.82. The average Bonchev–Trinajstić information content (AvgIpc) is 2.41. The van der Waals surface area contributed by atoms with Crippen LogP contribution >= 0.6 is 0 Å². The largest absolute Gasteiger partial charge is 0.496 e. The third-order valence-electron chi connectivity index (χ3n) is 4.05. The van der Waals surface area contributed by atoms with Crippen molar-refractivity contribution in [3.63, 3.8) is 0 Å². The molecule has 1 aromatic rings. The van der Waals surface area contributed by atoms with Crippen molar-refractivity contribution >= 4 is 0 Å². The molecular weight excluding hydrogens is 236 g/mol. The quantitative estimate of drug-likeness (QED) is 0.882. The summed E-state index contributed by atoms with van der Waals surface area (Å²) in [5.41, 5.74) is 2.54. The first kappa shape index (κ1) is 14.4. The molecule has 0 bridgehead atoms. The zero-order chi connectivity index (χ0) is 13.7. The van der Waals surface area contributed by atoms with Crippen LogP contribution in [0, 0.1) is 6.92 Å². The van der Waals surface area contributed by atoms with Gasteiger partial charge in [-0.15, -0.1) is 0 Å². The van der Waals surface area contributed by atoms with Crippen molar-refractivity contribution in [2.75, 3.05) is 27.2 Å². The lowest BCUT2D eigenvalue weighted by molar-refractivity contribution is 0.181. The summed E-state index contributed by atoms with van der Waals surface area (Å²) in [5, 5.41) is 3.58. The van der Waals surface area contributed by atoms with Crippen molar-refractivity contribution < 1.29 is 4.74 Å². The van der Waals surface area contributed by atoms with Gasteiger partial charge in [-0.2, -0.15) is 0 Å². The molecule has 1 heterocycles. The second-order valence-electron chi connectivity index (χ2n) is 5.58. The summed E-state index contributed by atoms with van der Waals surface area (Å²) in [7, 11) is 3.97. The highest BCUT2D eigenvalue weighted by Crippen LogP contribution is 2.20. The van der Waals surface area contributed by atoms with Gasteiger partial charge in [0.2, 0.25) is 0 Å². The van der Waals surface area contributed by atoms with Crippen molar-refractivity contribution in [2.24, 2.45) is 0 Å². The van der Waals surface area contributed by atoms with Crippen molar-refractivity contribution in [1.82, 2.24) is 10.2 Å². The highest BCUT2D eigenvalue weighted by molar-refractivity contribution is 5.36. The van der Waals surface area contributed by atoms with E-state index in [-0.39, 0.29) is 0 Å². The van der Waals surface area contributed by atoms with E-state index in [0.717, 1.165) is 18.8 Å². The lowest BCUT2D eigenvalue weighted by Gasteiger charge is -2.32. The van der Waals surface area contributed by atoms with Crippen molar-refractivity contribution in [3.05, 3.63) is 29.3 Å². The van der Waals surface area contributed by atoms with Gasteiger partial charge in [0.15, 0.2) is 0 Å². The highest BCUT2D eigenvalue weighted by atomic mass is 16.5. The second-order valence-corrected chi connectivity index (χ2v) is 5.58. The Hall–Kier alpha value is -1.06. The minimum Gasteiger partial charge on any atom is -0.496 e. The van der Waals surface area contributed by atoms with Crippen molar-refractivity contribution in [3.8, 4) is 5.75 Å². The standard InChI is InChI=1S/C16H26N2O/c1-13-7-8-16(19-3)14(10-13)11-17-12-15-6-4-5-9-18(15)2/h7-8,10,15,17H,4-6,9,11-12H2,1-3H3. The predicted molar refractivity (Wildman–Crippen MR) is 79.7 cm³/mol. The number of ether oxygens (including phenoxy) is 1. The van der Waals surface area contributed by atoms with E-state index in [4.69, 9.17) is 4.74 Å². The number of aryl methyl sites for hydroxylation is 1. The molecule has 1 aromatic carbocycles. The monoisotopic (exact) mass is 262 g/mol. The molecule has 1 fully saturated rings. The number of hydrogen-bond acceptors (Lipinski definition) is 3. The van der Waals surface area contributed by atoms with Gasteiger partial charge in [-0.25, -0.2) is 0 Å². The van der Waals surface area contributed by atoms with Gasteiger partial charge in [-0.3, -0.25) is 0 Å². The van der Waals surface area contributed by atoms with Crippen LogP contribution < -0.4 is 10.1 Å². The van der Waals surface area contributed by atoms with Crippen LogP contribution in [0.1, 0.15) is 30.4 Å². The third kappa shape index (κ3) is 3.95. The SMILES string of the molecule is COc1ccc(C)cc1CNCC1CCCCN1C. The van der Waals surface area contributed by atoms with Gasteiger partial charge in [0.25, 0.3) is 0 Å². The number of benzene rings is 1. The Kier molecular flexibility index (Phi) is 5.23. The van der Waals surface area contributed by atoms with Crippen molar-refractivity contribution in [1.29, 1.82) is 0 Å². The van der Waals surface area contributed by atoms with E-state index in [1.54, 1.807) is 7.11 Å². The van der Waals surface area contributed by atoms with E-state index in [1.165, 1.54) is 36.9 Å². The molecule has 0 spiro atoms. The molecular formula is C16H26N2O. The first-order valence-electron chi connectivity index (χ1n) is 7.25. The number of piperidine rings is 1. The van der Waals surface area contributed by atoms with Gasteiger partial charge in [0.1, 0.15) is 5.75 Å². The van der Waals surface area contributed by atoms with Gasteiger partial charge in [-0.1, -0.05) is 24.1 Å². The molecule has 1 atom stereocenters. The first-order valence-corrected chi connectivity index (χ1v) is 7.25. The van der Waals surface area contributed by atoms with Gasteiger partial charge in [-0.05, 0) is 39.4 Å². The predicted octanol–water partition coefficient (Wildman–Crippen LogP) is 2.58. The molecule has 1 aliphatic heterocycles. The number of likely N-dealkylation sites (tertiary alicyclic amines) is 1. The normalized spacial score (nSPS) is 20.5. The number of rotatable bonds is 5. The summed E-state index contributed by atoms with van der Waals surface area (Å²) in [5.74, 6) is 0.982. The molecule has 106 valence electrons. The Labute approximate surface area is 116 Å². The lowest BCUT2D eigenvalue weighted by Crippen LogP contribution is -2.42. The van der Waals surface area contributed by atoms with Crippen LogP contribution in [0.2, 0.25) is 0 Å². The fourth-order valence-corrected chi connectivity index (χ4v) is 2.82. The minimum atomic E-state index is 0.685. The first-order chi connectivity index (χ1) is 9.20. The summed E-state index contributed by atoms with van der Waals surface area (Å²) in [6, 6.07) is 7.04. The Morgan fingerprint density at radius 3 is 2.95 bits per heavy atom. The molecule has 2 rings (SSSR count). The van der Waals surface area contributed by atoms with Crippen LogP contribution in [0.25, 0.3) is 0 Å². The van der Waals surface area contributed by atoms with Crippen LogP contribution in [0.5, 0.6) is 5.75 Å². The second kappa shape index (κ2) is 6.92. The highest BCUT2D eigenvalue weighted by Gasteiger charge is 2.18. The Morgan fingerprint density at radius 1 is 1.37 bits per heavy atom. The van der Waals surface area contributed by atoms with E-state index in [0.29, 0.717) is 6.04 Å². The van der Waals surface area contributed by atoms with Gasteiger partial charge >= 0.3 is 0 Å². The summed E-state index contributed by atoms with van der Waals surface area (Å²) < 4.78 is 5.41. The van der Waals surface area contributed by atoms with Crippen LogP contribution in [-0.4, -0.2) is 38.2 Å². The summed E-state index contributed by atoms with van der Waals surface area (Å²) in [4.78, 5) is 2.48. The molecule has 3 heteroatoms. The Balaban J connectivity index is 1.86. The van der Waals surface area contributed by atoms with Crippen LogP contribution in [0.3, 0.4) is 0 Å². The van der Waals surface area contributed by atoms with E-state index < -0.39 is 0 Å². The molecule has 3 nitrogen and oxygen atoms in total. The number of nitrogens with one attached hydrogen (secondary N) is 1. The smallest absolute Gasteiger partial charge is 0.123 e. The van der Waals surface area contributed by atoms with Crippen LogP contribution in [0.15, 0.2) is 18.2 Å². The number of methoxy groups -OCH3 is 1. The molecule has 19 heavy (non-hydrogen) atoms. The van der Waals surface area contributed by atoms with E-state index in [1.807, 2.05) is 0 Å². The zero-order valence-electron chi connectivity index (χ0n) is 12.4. The van der Waals surface area contributed by atoms with Gasteiger partial charge in [0, 0.05) is 24.7 Å². The van der Waals surface area contributed by atoms with Gasteiger partial charge in [0.05, 0.1) is 7.11 Å². The molecule has 1 aliphatic rings. The van der Waals surface area contributed by atoms with E-state index in [9.17, 15) is 0 Å². The summed E-state index contributed by atoms with van der Waals surface area (Å²) >= 11 is 0. The molecule has 1 saturated heterocycles. The lowest BCUT2D eigenvalue weighted by atomic mass is 10.0. The molecule has 0 saturated carbocycles. The molecule has 0 aromatic heterocycles. The molecule has 1 unspecified atom stereocenters. The minimum absolute atomic E-state index is 0.685. The van der Waals surface area contributed by atoms with Gasteiger partial charge < -0.3 is 15.0 Å². The van der Waals surface area contributed by atoms with Crippen LogP contribution in [-0.2, 0) is 6.54 Å². The molecule has 0 aliphatic carbocycles. The molecule has 1 N–H and O–H groups in total. The number of nitrogens with zero attached hydrogens (tertiary/aromatic N) is 1. The third-order valence-corrected chi connectivity index (χ3v) is 4.05. The molecule has 0 amide bonds. The van der Waals surface area contributed by atoms with E-state index >= 15 is 0 Å². The maximum atomic E-state index is 5.41. The van der Waals surface area contributed by atoms with Crippen molar-refractivity contribution in [2.45, 2.75) is 38.8 Å². The Bertz CT molecular complexity index is 406. The zero-order valence-corrected chi connectivity index (χ0v) is 12.4. The molecule has 0 radical (unpaired) electrons. The maximum Gasteiger partial charge on any atom is 0.123 e. The summed E-state index contributed by atoms with van der Waals surface area (Å²) in [6.45, 7) is 5.31. The topological polar surface area (TPSA) is 24.5 Å². The Morgan fingerprint density at radius 2 is 2.21 bits per heavy atom. The average molecular weight is 262 g/mol. The number of hydrogen-bond donors (Lipinski definition) is 1.